The molecule has 21 heavy (non-hydrogen) atoms. The highest BCUT2D eigenvalue weighted by Gasteiger charge is 2.12. The van der Waals surface area contributed by atoms with Crippen LogP contribution < -0.4 is 5.32 Å². The summed E-state index contributed by atoms with van der Waals surface area (Å²) < 4.78 is 5.59. The molecule has 3 aromatic rings. The van der Waals surface area contributed by atoms with Crippen molar-refractivity contribution in [1.82, 2.24) is 10.3 Å². The van der Waals surface area contributed by atoms with Crippen molar-refractivity contribution in [1.29, 1.82) is 0 Å². The molecule has 1 N–H and O–H groups in total. The molecule has 2 aromatic heterocycles. The number of aryl methyl sites for hydroxylation is 2. The first-order valence-electron chi connectivity index (χ1n) is 7.28. The highest BCUT2D eigenvalue weighted by Crippen LogP contribution is 2.21. The molecule has 1 aromatic carbocycles. The summed E-state index contributed by atoms with van der Waals surface area (Å²) in [5.74, 6) is 1.94. The third-order valence-corrected chi connectivity index (χ3v) is 3.79. The van der Waals surface area contributed by atoms with Gasteiger partial charge < -0.3 is 9.73 Å². The fraction of sp³-hybridized carbons (Fsp3) is 0.278. The van der Waals surface area contributed by atoms with Crippen LogP contribution in [0.15, 0.2) is 46.9 Å². The van der Waals surface area contributed by atoms with Gasteiger partial charge in [-0.15, -0.1) is 0 Å². The smallest absolute Gasteiger partial charge is 0.105 e. The van der Waals surface area contributed by atoms with Gasteiger partial charge in [0.1, 0.15) is 11.5 Å². The topological polar surface area (TPSA) is 38.1 Å². The molecule has 1 unspecified atom stereocenters. The van der Waals surface area contributed by atoms with Gasteiger partial charge in [0, 0.05) is 23.5 Å². The molecule has 1 atom stereocenters. The van der Waals surface area contributed by atoms with Crippen molar-refractivity contribution in [3.63, 3.8) is 0 Å². The van der Waals surface area contributed by atoms with Crippen LogP contribution in [0.1, 0.15) is 35.7 Å². The zero-order valence-electron chi connectivity index (χ0n) is 12.7. The van der Waals surface area contributed by atoms with E-state index in [1.807, 2.05) is 32.0 Å². The van der Waals surface area contributed by atoms with Gasteiger partial charge in [-0.25, -0.2) is 0 Å². The first-order valence-corrected chi connectivity index (χ1v) is 7.28. The van der Waals surface area contributed by atoms with E-state index in [2.05, 4.69) is 41.5 Å². The number of pyridine rings is 1. The average Bonchev–Trinajstić information content (AvgIpc) is 2.83. The van der Waals surface area contributed by atoms with Crippen molar-refractivity contribution in [2.75, 3.05) is 0 Å². The van der Waals surface area contributed by atoms with Crippen LogP contribution in [-0.4, -0.2) is 4.98 Å². The second-order valence-electron chi connectivity index (χ2n) is 5.47. The summed E-state index contributed by atoms with van der Waals surface area (Å²) in [7, 11) is 0. The summed E-state index contributed by atoms with van der Waals surface area (Å²) in [6.07, 6.45) is 0. The van der Waals surface area contributed by atoms with Gasteiger partial charge in [-0.1, -0.05) is 24.3 Å². The number of benzene rings is 1. The van der Waals surface area contributed by atoms with Crippen molar-refractivity contribution in [2.45, 2.75) is 33.4 Å². The number of hydrogen-bond donors (Lipinski definition) is 1. The van der Waals surface area contributed by atoms with Gasteiger partial charge in [0.05, 0.1) is 11.2 Å². The number of nitrogens with zero attached hydrogens (tertiary/aromatic N) is 1. The Kier molecular flexibility index (Phi) is 3.76. The quantitative estimate of drug-likeness (QED) is 0.774. The summed E-state index contributed by atoms with van der Waals surface area (Å²) in [6.45, 7) is 6.89. The predicted octanol–water partition coefficient (Wildman–Crippen LogP) is 4.30. The third kappa shape index (κ3) is 2.98. The maximum absolute atomic E-state index is 5.59. The number of aromatic nitrogens is 1. The van der Waals surface area contributed by atoms with E-state index in [0.717, 1.165) is 29.3 Å². The van der Waals surface area contributed by atoms with Crippen LogP contribution in [-0.2, 0) is 6.54 Å². The summed E-state index contributed by atoms with van der Waals surface area (Å²) in [4.78, 5) is 4.68. The highest BCUT2D eigenvalue weighted by molar-refractivity contribution is 5.78. The highest BCUT2D eigenvalue weighted by atomic mass is 16.3. The van der Waals surface area contributed by atoms with Crippen LogP contribution in [0.2, 0.25) is 0 Å². The molecule has 3 heteroatoms. The largest absolute Gasteiger partial charge is 0.466 e. The Morgan fingerprint density at radius 2 is 1.95 bits per heavy atom. The fourth-order valence-electron chi connectivity index (χ4n) is 2.65. The minimum atomic E-state index is 0.246. The van der Waals surface area contributed by atoms with Crippen molar-refractivity contribution in [3.8, 4) is 0 Å². The Labute approximate surface area is 125 Å². The lowest BCUT2D eigenvalue weighted by Gasteiger charge is -2.13. The maximum Gasteiger partial charge on any atom is 0.105 e. The molecule has 0 radical (unpaired) electrons. The van der Waals surface area contributed by atoms with Crippen molar-refractivity contribution in [3.05, 3.63) is 65.2 Å². The summed E-state index contributed by atoms with van der Waals surface area (Å²) >= 11 is 0. The molecule has 0 amide bonds. The minimum Gasteiger partial charge on any atom is -0.466 e. The molecule has 0 saturated heterocycles. The van der Waals surface area contributed by atoms with E-state index < -0.39 is 0 Å². The molecule has 0 saturated carbocycles. The number of para-hydroxylation sites is 1. The number of rotatable bonds is 4. The van der Waals surface area contributed by atoms with Gasteiger partial charge in [-0.3, -0.25) is 4.98 Å². The number of hydrogen-bond acceptors (Lipinski definition) is 3. The van der Waals surface area contributed by atoms with Gasteiger partial charge in [0.15, 0.2) is 0 Å². The second kappa shape index (κ2) is 5.70. The van der Waals surface area contributed by atoms with Crippen LogP contribution in [0.3, 0.4) is 0 Å². The lowest BCUT2D eigenvalue weighted by atomic mass is 10.1. The van der Waals surface area contributed by atoms with Crippen molar-refractivity contribution in [2.24, 2.45) is 0 Å². The molecule has 0 aliphatic carbocycles. The molecule has 0 bridgehead atoms. The molecule has 0 spiro atoms. The van der Waals surface area contributed by atoms with E-state index in [4.69, 9.17) is 4.42 Å². The maximum atomic E-state index is 5.59. The Balaban J connectivity index is 1.72. The fourth-order valence-corrected chi connectivity index (χ4v) is 2.65. The van der Waals surface area contributed by atoms with Crippen LogP contribution in [0.5, 0.6) is 0 Å². The van der Waals surface area contributed by atoms with Gasteiger partial charge in [-0.2, -0.15) is 0 Å². The predicted molar refractivity (Wildman–Crippen MR) is 85.2 cm³/mol. The lowest BCUT2D eigenvalue weighted by Crippen LogP contribution is -2.18. The summed E-state index contributed by atoms with van der Waals surface area (Å²) in [6, 6.07) is 14.7. The summed E-state index contributed by atoms with van der Waals surface area (Å²) in [5, 5.41) is 4.69. The van der Waals surface area contributed by atoms with Crippen LogP contribution in [0.25, 0.3) is 10.9 Å². The molecular weight excluding hydrogens is 260 g/mol. The lowest BCUT2D eigenvalue weighted by molar-refractivity contribution is 0.489. The van der Waals surface area contributed by atoms with Crippen LogP contribution in [0, 0.1) is 13.8 Å². The summed E-state index contributed by atoms with van der Waals surface area (Å²) in [5.41, 5.74) is 3.31. The number of furan rings is 1. The first kappa shape index (κ1) is 13.8. The Hall–Kier alpha value is -2.13. The number of fused-ring (bicyclic) bond motifs is 1. The number of nitrogens with one attached hydrogen (secondary N) is 1. The van der Waals surface area contributed by atoms with E-state index >= 15 is 0 Å². The van der Waals surface area contributed by atoms with E-state index in [1.165, 1.54) is 10.9 Å². The molecule has 108 valence electrons. The monoisotopic (exact) mass is 280 g/mol. The van der Waals surface area contributed by atoms with E-state index in [0.29, 0.717) is 0 Å². The van der Waals surface area contributed by atoms with E-state index in [1.54, 1.807) is 0 Å². The molecule has 0 aliphatic rings. The van der Waals surface area contributed by atoms with E-state index in [-0.39, 0.29) is 6.04 Å². The molecule has 0 fully saturated rings. The van der Waals surface area contributed by atoms with Gasteiger partial charge in [0.2, 0.25) is 0 Å². The van der Waals surface area contributed by atoms with Crippen LogP contribution >= 0.6 is 0 Å². The van der Waals surface area contributed by atoms with Crippen molar-refractivity contribution >= 4 is 10.9 Å². The third-order valence-electron chi connectivity index (χ3n) is 3.79. The average molecular weight is 280 g/mol. The molecule has 0 aliphatic heterocycles. The second-order valence-corrected chi connectivity index (χ2v) is 5.47. The standard InChI is InChI=1S/C18H20N2O/c1-12-10-17(14(3)21-12)13(2)19-11-16-9-8-15-6-4-5-7-18(15)20-16/h4-10,13,19H,11H2,1-3H3. The molecule has 3 rings (SSSR count). The van der Waals surface area contributed by atoms with Gasteiger partial charge >= 0.3 is 0 Å². The molecule has 3 nitrogen and oxygen atoms in total. The Bertz CT molecular complexity index is 761. The normalized spacial score (nSPS) is 12.7. The molecule has 2 heterocycles. The SMILES string of the molecule is Cc1cc(C(C)NCc2ccc3ccccc3n2)c(C)o1. The van der Waals surface area contributed by atoms with Crippen molar-refractivity contribution < 1.29 is 4.42 Å². The van der Waals surface area contributed by atoms with Gasteiger partial charge in [-0.05, 0) is 39.0 Å². The van der Waals surface area contributed by atoms with Gasteiger partial charge in [0.25, 0.3) is 0 Å². The minimum absolute atomic E-state index is 0.246. The molecular formula is C18H20N2O. The van der Waals surface area contributed by atoms with E-state index in [9.17, 15) is 0 Å². The first-order chi connectivity index (χ1) is 10.1. The van der Waals surface area contributed by atoms with Crippen LogP contribution in [0.4, 0.5) is 0 Å². The Morgan fingerprint density at radius 3 is 2.71 bits per heavy atom. The Morgan fingerprint density at radius 1 is 1.14 bits per heavy atom. The zero-order chi connectivity index (χ0) is 14.8. The zero-order valence-corrected chi connectivity index (χ0v) is 12.7.